The number of benzene rings is 3. The molecule has 0 atom stereocenters. The number of amides is 2. The van der Waals surface area contributed by atoms with Gasteiger partial charge in [-0.15, -0.1) is 0 Å². The molecule has 1 aliphatic heterocycles. The smallest absolute Gasteiger partial charge is 0.251 e. The van der Waals surface area contributed by atoms with E-state index in [1.165, 1.54) is 11.6 Å². The molecule has 0 radical (unpaired) electrons. The van der Waals surface area contributed by atoms with Crippen LogP contribution in [0.2, 0.25) is 5.02 Å². The van der Waals surface area contributed by atoms with Gasteiger partial charge < -0.3 is 15.6 Å². The van der Waals surface area contributed by atoms with Crippen LogP contribution in [0.4, 0.5) is 5.69 Å². The molecule has 7 nitrogen and oxygen atoms in total. The minimum atomic E-state index is -0.287. The monoisotopic (exact) mass is 603 g/mol. The maximum Gasteiger partial charge on any atom is 0.251 e. The normalized spacial score (nSPS) is 14.0. The second-order valence-corrected chi connectivity index (χ2v) is 11.6. The highest BCUT2D eigenvalue weighted by molar-refractivity contribution is 6.37. The topological polar surface area (TPSA) is 90.1 Å². The summed E-state index contributed by atoms with van der Waals surface area (Å²) in [6, 6.07) is 25.8. The van der Waals surface area contributed by atoms with Crippen LogP contribution in [0, 0.1) is 6.92 Å². The van der Waals surface area contributed by atoms with Crippen molar-refractivity contribution < 1.29 is 9.59 Å². The number of piperidine rings is 1. The average Bonchev–Trinajstić information content (AvgIpc) is 3.44. The summed E-state index contributed by atoms with van der Waals surface area (Å²) in [6.45, 7) is 8.31. The number of rotatable bonds is 8. The molecule has 3 N–H and O–H groups in total. The first kappa shape index (κ1) is 29.4. The third-order valence-electron chi connectivity index (χ3n) is 8.20. The molecule has 0 bridgehead atoms. The van der Waals surface area contributed by atoms with Crippen molar-refractivity contribution in [3.63, 3.8) is 0 Å². The quantitative estimate of drug-likeness (QED) is 0.161. The van der Waals surface area contributed by atoms with Gasteiger partial charge in [-0.05, 0) is 72.4 Å². The van der Waals surface area contributed by atoms with Crippen molar-refractivity contribution in [2.24, 2.45) is 0 Å². The Labute approximate surface area is 262 Å². The molecule has 0 spiro atoms. The van der Waals surface area contributed by atoms with E-state index in [9.17, 15) is 9.59 Å². The summed E-state index contributed by atoms with van der Waals surface area (Å²) in [4.78, 5) is 36.0. The molecule has 2 aromatic heterocycles. The first-order valence-corrected chi connectivity index (χ1v) is 15.2. The fraction of sp³-hybridized carbons (Fsp3) is 0.194. The summed E-state index contributed by atoms with van der Waals surface area (Å²) in [7, 11) is 0. The van der Waals surface area contributed by atoms with Gasteiger partial charge in [-0.2, -0.15) is 0 Å². The third-order valence-corrected chi connectivity index (χ3v) is 8.51. The van der Waals surface area contributed by atoms with Crippen molar-refractivity contribution in [3.8, 4) is 22.4 Å². The molecule has 0 saturated carbocycles. The van der Waals surface area contributed by atoms with Crippen LogP contribution in [0.3, 0.4) is 0 Å². The lowest BCUT2D eigenvalue weighted by molar-refractivity contribution is -0.111. The fourth-order valence-corrected chi connectivity index (χ4v) is 6.08. The summed E-state index contributed by atoms with van der Waals surface area (Å²) in [5, 5.41) is 7.47. The zero-order chi connectivity index (χ0) is 30.6. The molecule has 1 aliphatic rings. The van der Waals surface area contributed by atoms with Gasteiger partial charge in [-0.1, -0.05) is 72.8 Å². The summed E-state index contributed by atoms with van der Waals surface area (Å²) in [6.07, 6.45) is 4.72. The molecule has 3 heterocycles. The second-order valence-electron chi connectivity index (χ2n) is 11.2. The number of aromatic nitrogens is 2. The SMILES string of the molecule is C=CC(=O)Nc1cc(-c2c(-c3cccc(C(=O)NC4CCN(Cc5ccccc5)CC4)c3)[nH]c3nccc(Cl)c23)ccc1C. The van der Waals surface area contributed by atoms with Crippen LogP contribution in [0.25, 0.3) is 33.4 Å². The molecule has 3 aromatic carbocycles. The Balaban J connectivity index is 1.26. The van der Waals surface area contributed by atoms with Crippen molar-refractivity contribution >= 4 is 40.1 Å². The lowest BCUT2D eigenvalue weighted by Crippen LogP contribution is -2.44. The molecule has 5 aromatic rings. The Morgan fingerprint density at radius 1 is 1.02 bits per heavy atom. The van der Waals surface area contributed by atoms with Crippen LogP contribution in [-0.4, -0.2) is 45.8 Å². The number of nitrogens with one attached hydrogen (secondary N) is 3. The van der Waals surface area contributed by atoms with Gasteiger partial charge >= 0.3 is 0 Å². The van der Waals surface area contributed by atoms with Crippen molar-refractivity contribution in [3.05, 3.63) is 119 Å². The Morgan fingerprint density at radius 3 is 2.59 bits per heavy atom. The number of aromatic amines is 1. The van der Waals surface area contributed by atoms with E-state index in [4.69, 9.17) is 11.6 Å². The molecule has 0 unspecified atom stereocenters. The number of fused-ring (bicyclic) bond motifs is 1. The molecule has 2 amide bonds. The number of likely N-dealkylation sites (tertiary alicyclic amines) is 1. The Kier molecular flexibility index (Phi) is 8.59. The van der Waals surface area contributed by atoms with E-state index >= 15 is 0 Å². The number of hydrogen-bond donors (Lipinski definition) is 3. The summed E-state index contributed by atoms with van der Waals surface area (Å²) < 4.78 is 0. The first-order valence-electron chi connectivity index (χ1n) is 14.8. The predicted molar refractivity (Wildman–Crippen MR) is 178 cm³/mol. The molecule has 0 aliphatic carbocycles. The van der Waals surface area contributed by atoms with E-state index in [-0.39, 0.29) is 17.9 Å². The van der Waals surface area contributed by atoms with Crippen LogP contribution < -0.4 is 10.6 Å². The maximum absolute atomic E-state index is 13.4. The van der Waals surface area contributed by atoms with Gasteiger partial charge in [0.1, 0.15) is 5.65 Å². The number of H-pyrrole nitrogens is 1. The molecule has 6 rings (SSSR count). The fourth-order valence-electron chi connectivity index (χ4n) is 5.84. The van der Waals surface area contributed by atoms with Crippen LogP contribution >= 0.6 is 11.6 Å². The number of aryl methyl sites for hydroxylation is 1. The van der Waals surface area contributed by atoms with Crippen LogP contribution in [-0.2, 0) is 11.3 Å². The van der Waals surface area contributed by atoms with Crippen LogP contribution in [0.5, 0.6) is 0 Å². The molecule has 44 heavy (non-hydrogen) atoms. The van der Waals surface area contributed by atoms with Crippen LogP contribution in [0.1, 0.15) is 34.3 Å². The van der Waals surface area contributed by atoms with E-state index in [2.05, 4.69) is 56.3 Å². The minimum Gasteiger partial charge on any atom is -0.349 e. The molecular formula is C36H34ClN5O2. The van der Waals surface area contributed by atoms with Crippen LogP contribution in [0.15, 0.2) is 97.7 Å². The largest absolute Gasteiger partial charge is 0.349 e. The Morgan fingerprint density at radius 2 is 1.82 bits per heavy atom. The molecule has 222 valence electrons. The minimum absolute atomic E-state index is 0.0908. The lowest BCUT2D eigenvalue weighted by atomic mass is 9.96. The molecular weight excluding hydrogens is 570 g/mol. The van der Waals surface area contributed by atoms with E-state index in [0.717, 1.165) is 65.8 Å². The summed E-state index contributed by atoms with van der Waals surface area (Å²) in [5.41, 5.74) is 7.43. The number of hydrogen-bond acceptors (Lipinski definition) is 4. The van der Waals surface area contributed by atoms with E-state index < -0.39 is 0 Å². The molecule has 1 saturated heterocycles. The van der Waals surface area contributed by atoms with Crippen molar-refractivity contribution in [2.75, 3.05) is 18.4 Å². The second kappa shape index (κ2) is 12.9. The number of halogens is 1. The Hall–Kier alpha value is -4.72. The number of pyridine rings is 1. The van der Waals surface area contributed by atoms with Gasteiger partial charge in [0, 0.05) is 54.1 Å². The third kappa shape index (κ3) is 6.30. The number of nitrogens with zero attached hydrogens (tertiary/aromatic N) is 2. The van der Waals surface area contributed by atoms with Gasteiger partial charge in [-0.3, -0.25) is 14.5 Å². The number of carbonyl (C=O) groups excluding carboxylic acids is 2. The summed E-state index contributed by atoms with van der Waals surface area (Å²) >= 11 is 6.73. The van der Waals surface area contributed by atoms with Crippen molar-refractivity contribution in [1.29, 1.82) is 0 Å². The zero-order valence-electron chi connectivity index (χ0n) is 24.6. The van der Waals surface area contributed by atoms with Crippen molar-refractivity contribution in [1.82, 2.24) is 20.2 Å². The maximum atomic E-state index is 13.4. The highest BCUT2D eigenvalue weighted by Gasteiger charge is 2.23. The van der Waals surface area contributed by atoms with E-state index in [0.29, 0.717) is 21.9 Å². The van der Waals surface area contributed by atoms with E-state index in [1.54, 1.807) is 12.3 Å². The molecule has 8 heteroatoms. The number of anilines is 1. The highest BCUT2D eigenvalue weighted by Crippen LogP contribution is 2.42. The van der Waals surface area contributed by atoms with Gasteiger partial charge in [0.15, 0.2) is 0 Å². The molecule has 1 fully saturated rings. The lowest BCUT2D eigenvalue weighted by Gasteiger charge is -2.32. The summed E-state index contributed by atoms with van der Waals surface area (Å²) in [5.74, 6) is -0.378. The average molecular weight is 604 g/mol. The van der Waals surface area contributed by atoms with Gasteiger partial charge in [-0.25, -0.2) is 4.98 Å². The number of carbonyl (C=O) groups is 2. The van der Waals surface area contributed by atoms with E-state index in [1.807, 2.05) is 55.5 Å². The van der Waals surface area contributed by atoms with Crippen molar-refractivity contribution in [2.45, 2.75) is 32.4 Å². The standard InChI is InChI=1S/C36H34ClN5O2/c1-3-31(43)40-30-21-25(13-12-23(30)2)32-33-29(37)14-17-38-35(33)41-34(32)26-10-7-11-27(20-26)36(44)39-28-15-18-42(19-16-28)22-24-8-5-4-6-9-24/h3-14,17,20-21,28H,1,15-16,18-19,22H2,2H3,(H,38,41)(H,39,44)(H,40,43). The zero-order valence-corrected chi connectivity index (χ0v) is 25.3. The van der Waals surface area contributed by atoms with Gasteiger partial charge in [0.05, 0.1) is 10.7 Å². The van der Waals surface area contributed by atoms with Gasteiger partial charge in [0.2, 0.25) is 5.91 Å². The highest BCUT2D eigenvalue weighted by atomic mass is 35.5. The Bertz CT molecular complexity index is 1840. The predicted octanol–water partition coefficient (Wildman–Crippen LogP) is 7.38. The first-order chi connectivity index (χ1) is 21.4. The van der Waals surface area contributed by atoms with Gasteiger partial charge in [0.25, 0.3) is 5.91 Å².